The second-order valence-electron chi connectivity index (χ2n) is 5.95. The van der Waals surface area contributed by atoms with Gasteiger partial charge in [-0.1, -0.05) is 49.4 Å². The summed E-state index contributed by atoms with van der Waals surface area (Å²) in [6.07, 6.45) is 5.63. The first-order valence-electron chi connectivity index (χ1n) is 8.81. The largest absolute Gasteiger partial charge is 0.302 e. The molecule has 0 aliphatic rings. The number of pyridine rings is 1. The molecule has 0 atom stereocenters. The van der Waals surface area contributed by atoms with Gasteiger partial charge in [0.05, 0.1) is 5.75 Å². The highest BCUT2D eigenvalue weighted by Gasteiger charge is 2.15. The van der Waals surface area contributed by atoms with Crippen molar-refractivity contribution in [1.82, 2.24) is 19.7 Å². The second-order valence-corrected chi connectivity index (χ2v) is 6.89. The molecule has 2 aromatic heterocycles. The summed E-state index contributed by atoms with van der Waals surface area (Å²) in [6.45, 7) is 4.94. The third-order valence-electron chi connectivity index (χ3n) is 4.12. The van der Waals surface area contributed by atoms with Gasteiger partial charge >= 0.3 is 0 Å². The van der Waals surface area contributed by atoms with Crippen LogP contribution in [0, 0.1) is 0 Å². The SMILES string of the molecule is CCCc1ccc(C(=O)CSc2nnc(-c3ccncc3)n2CC)cc1. The Bertz CT molecular complexity index is 859. The summed E-state index contributed by atoms with van der Waals surface area (Å²) in [5.74, 6) is 1.25. The number of hydrogen-bond donors (Lipinski definition) is 0. The van der Waals surface area contributed by atoms with Crippen LogP contribution in [0.3, 0.4) is 0 Å². The van der Waals surface area contributed by atoms with Crippen LogP contribution in [0.4, 0.5) is 0 Å². The van der Waals surface area contributed by atoms with Crippen LogP contribution in [0.25, 0.3) is 11.4 Å². The van der Waals surface area contributed by atoms with E-state index in [1.54, 1.807) is 12.4 Å². The maximum absolute atomic E-state index is 12.5. The van der Waals surface area contributed by atoms with Gasteiger partial charge in [0.1, 0.15) is 0 Å². The lowest BCUT2D eigenvalue weighted by atomic mass is 10.1. The van der Waals surface area contributed by atoms with E-state index in [0.29, 0.717) is 5.75 Å². The zero-order valence-corrected chi connectivity index (χ0v) is 15.9. The van der Waals surface area contributed by atoms with Crippen LogP contribution in [0.2, 0.25) is 0 Å². The molecule has 0 N–H and O–H groups in total. The van der Waals surface area contributed by atoms with Crippen LogP contribution in [0.1, 0.15) is 36.2 Å². The van der Waals surface area contributed by atoms with Gasteiger partial charge in [0.15, 0.2) is 16.8 Å². The van der Waals surface area contributed by atoms with Gasteiger partial charge in [-0.2, -0.15) is 0 Å². The zero-order valence-electron chi connectivity index (χ0n) is 15.1. The molecule has 0 saturated heterocycles. The molecule has 0 bridgehead atoms. The van der Waals surface area contributed by atoms with Crippen molar-refractivity contribution in [3.05, 3.63) is 59.9 Å². The van der Waals surface area contributed by atoms with Crippen LogP contribution < -0.4 is 0 Å². The Hall–Kier alpha value is -2.47. The molecule has 0 spiro atoms. The molecule has 0 amide bonds. The molecule has 134 valence electrons. The minimum absolute atomic E-state index is 0.106. The number of aromatic nitrogens is 4. The predicted octanol–water partition coefficient (Wildman–Crippen LogP) is 4.29. The Balaban J connectivity index is 1.69. The highest BCUT2D eigenvalue weighted by Crippen LogP contribution is 2.24. The van der Waals surface area contributed by atoms with Gasteiger partial charge in [0, 0.05) is 30.1 Å². The van der Waals surface area contributed by atoms with Gasteiger partial charge in [0.25, 0.3) is 0 Å². The monoisotopic (exact) mass is 366 g/mol. The van der Waals surface area contributed by atoms with Crippen molar-refractivity contribution >= 4 is 17.5 Å². The normalized spacial score (nSPS) is 10.8. The summed E-state index contributed by atoms with van der Waals surface area (Å²) in [6, 6.07) is 11.7. The number of Topliss-reactive ketones (excluding diaryl/α,β-unsaturated/α-hetero) is 1. The molecule has 0 unspecified atom stereocenters. The fraction of sp³-hybridized carbons (Fsp3) is 0.300. The van der Waals surface area contributed by atoms with E-state index in [4.69, 9.17) is 0 Å². The molecule has 0 aliphatic carbocycles. The summed E-state index contributed by atoms with van der Waals surface area (Å²) >= 11 is 1.43. The van der Waals surface area contributed by atoms with E-state index in [-0.39, 0.29) is 5.78 Å². The Morgan fingerprint density at radius 1 is 1.04 bits per heavy atom. The van der Waals surface area contributed by atoms with Gasteiger partial charge in [0.2, 0.25) is 0 Å². The number of ketones is 1. The molecule has 0 radical (unpaired) electrons. The minimum Gasteiger partial charge on any atom is -0.302 e. The van der Waals surface area contributed by atoms with Crippen molar-refractivity contribution in [3.8, 4) is 11.4 Å². The van der Waals surface area contributed by atoms with Crippen molar-refractivity contribution in [2.45, 2.75) is 38.4 Å². The van der Waals surface area contributed by atoms with E-state index in [0.717, 1.165) is 41.5 Å². The van der Waals surface area contributed by atoms with Gasteiger partial charge < -0.3 is 4.57 Å². The lowest BCUT2D eigenvalue weighted by Gasteiger charge is -2.07. The van der Waals surface area contributed by atoms with Crippen molar-refractivity contribution < 1.29 is 4.79 Å². The molecule has 3 rings (SSSR count). The molecule has 6 heteroatoms. The number of thioether (sulfide) groups is 1. The Morgan fingerprint density at radius 2 is 1.77 bits per heavy atom. The molecular weight excluding hydrogens is 344 g/mol. The summed E-state index contributed by atoms with van der Waals surface area (Å²) < 4.78 is 2.03. The average molecular weight is 366 g/mol. The number of aryl methyl sites for hydroxylation is 1. The van der Waals surface area contributed by atoms with Gasteiger partial charge in [-0.3, -0.25) is 9.78 Å². The predicted molar refractivity (Wildman–Crippen MR) is 104 cm³/mol. The highest BCUT2D eigenvalue weighted by molar-refractivity contribution is 7.99. The molecular formula is C20H22N4OS. The standard InChI is InChI=1S/C20H22N4OS/c1-3-5-15-6-8-16(9-7-15)18(25)14-26-20-23-22-19(24(20)4-2)17-10-12-21-13-11-17/h6-13H,3-5,14H2,1-2H3. The van der Waals surface area contributed by atoms with E-state index in [2.05, 4.69) is 22.1 Å². The van der Waals surface area contributed by atoms with Crippen LogP contribution in [0.15, 0.2) is 53.9 Å². The van der Waals surface area contributed by atoms with Crippen molar-refractivity contribution in [1.29, 1.82) is 0 Å². The minimum atomic E-state index is 0.106. The summed E-state index contributed by atoms with van der Waals surface area (Å²) in [4.78, 5) is 16.5. The Labute approximate surface area is 157 Å². The molecule has 2 heterocycles. The molecule has 3 aromatic rings. The fourth-order valence-corrected chi connectivity index (χ4v) is 3.65. The summed E-state index contributed by atoms with van der Waals surface area (Å²) in [5.41, 5.74) is 2.98. The van der Waals surface area contributed by atoms with E-state index in [1.165, 1.54) is 17.3 Å². The lowest BCUT2D eigenvalue weighted by molar-refractivity contribution is 0.102. The number of carbonyl (C=O) groups is 1. The Morgan fingerprint density at radius 3 is 2.42 bits per heavy atom. The number of benzene rings is 1. The Kier molecular flexibility index (Phi) is 6.17. The fourth-order valence-electron chi connectivity index (χ4n) is 2.75. The maximum atomic E-state index is 12.5. The van der Waals surface area contributed by atoms with Gasteiger partial charge in [-0.05, 0) is 31.0 Å². The average Bonchev–Trinajstić information content (AvgIpc) is 3.10. The van der Waals surface area contributed by atoms with Crippen molar-refractivity contribution in [2.75, 3.05) is 5.75 Å². The lowest BCUT2D eigenvalue weighted by Crippen LogP contribution is -2.05. The van der Waals surface area contributed by atoms with E-state index in [9.17, 15) is 4.79 Å². The van der Waals surface area contributed by atoms with Crippen LogP contribution >= 0.6 is 11.8 Å². The molecule has 1 aromatic carbocycles. The maximum Gasteiger partial charge on any atom is 0.191 e. The third kappa shape index (κ3) is 4.19. The quantitative estimate of drug-likeness (QED) is 0.440. The van der Waals surface area contributed by atoms with Crippen LogP contribution in [-0.4, -0.2) is 31.3 Å². The van der Waals surface area contributed by atoms with Crippen molar-refractivity contribution in [2.24, 2.45) is 0 Å². The number of carbonyl (C=O) groups excluding carboxylic acids is 1. The molecule has 0 saturated carbocycles. The number of hydrogen-bond acceptors (Lipinski definition) is 5. The van der Waals surface area contributed by atoms with Crippen LogP contribution in [0.5, 0.6) is 0 Å². The summed E-state index contributed by atoms with van der Waals surface area (Å²) in [7, 11) is 0. The van der Waals surface area contributed by atoms with E-state index < -0.39 is 0 Å². The number of nitrogens with zero attached hydrogens (tertiary/aromatic N) is 4. The van der Waals surface area contributed by atoms with Crippen molar-refractivity contribution in [3.63, 3.8) is 0 Å². The smallest absolute Gasteiger partial charge is 0.191 e. The second kappa shape index (κ2) is 8.76. The number of rotatable bonds is 8. The highest BCUT2D eigenvalue weighted by atomic mass is 32.2. The first-order chi connectivity index (χ1) is 12.7. The molecule has 26 heavy (non-hydrogen) atoms. The molecule has 5 nitrogen and oxygen atoms in total. The molecule has 0 fully saturated rings. The molecule has 0 aliphatic heterocycles. The van der Waals surface area contributed by atoms with E-state index >= 15 is 0 Å². The van der Waals surface area contributed by atoms with Crippen LogP contribution in [-0.2, 0) is 13.0 Å². The first kappa shape index (κ1) is 18.3. The first-order valence-corrected chi connectivity index (χ1v) is 9.80. The topological polar surface area (TPSA) is 60.7 Å². The summed E-state index contributed by atoms with van der Waals surface area (Å²) in [5, 5.41) is 9.32. The van der Waals surface area contributed by atoms with E-state index in [1.807, 2.05) is 47.9 Å². The van der Waals surface area contributed by atoms with Gasteiger partial charge in [-0.15, -0.1) is 10.2 Å². The third-order valence-corrected chi connectivity index (χ3v) is 5.09. The van der Waals surface area contributed by atoms with Gasteiger partial charge in [-0.25, -0.2) is 0 Å². The zero-order chi connectivity index (χ0) is 18.4.